The number of rotatable bonds is 2. The van der Waals surface area contributed by atoms with Crippen molar-refractivity contribution in [2.24, 2.45) is 5.73 Å². The van der Waals surface area contributed by atoms with Crippen LogP contribution in [0.1, 0.15) is 12.8 Å². The van der Waals surface area contributed by atoms with Gasteiger partial charge < -0.3 is 10.6 Å². The Morgan fingerprint density at radius 2 is 2.05 bits per heavy atom. The first-order valence-corrected chi connectivity index (χ1v) is 7.44. The SMILES string of the molecule is NC1CCN(c2cc(-c3ccc(F)cc3Br)[nH]n2)CC1. The number of nitrogens with two attached hydrogens (primary N) is 1. The van der Waals surface area contributed by atoms with E-state index in [-0.39, 0.29) is 5.82 Å². The van der Waals surface area contributed by atoms with Crippen LogP contribution < -0.4 is 10.6 Å². The van der Waals surface area contributed by atoms with Crippen LogP contribution in [0, 0.1) is 5.82 Å². The highest BCUT2D eigenvalue weighted by atomic mass is 79.9. The van der Waals surface area contributed by atoms with Crippen molar-refractivity contribution in [1.82, 2.24) is 10.2 Å². The minimum Gasteiger partial charge on any atom is -0.355 e. The number of hydrogen-bond donors (Lipinski definition) is 2. The standard InChI is InChI=1S/C14H16BrFN4/c15-12-7-9(16)1-2-11(12)13-8-14(19-18-13)20-5-3-10(17)4-6-20/h1-2,7-8,10H,3-6,17H2,(H,18,19). The van der Waals surface area contributed by atoms with E-state index in [1.807, 2.05) is 6.07 Å². The fourth-order valence-electron chi connectivity index (χ4n) is 2.45. The molecule has 1 saturated heterocycles. The topological polar surface area (TPSA) is 57.9 Å². The third-order valence-corrected chi connectivity index (χ3v) is 4.31. The second-order valence-corrected chi connectivity index (χ2v) is 5.94. The Labute approximate surface area is 125 Å². The molecule has 0 spiro atoms. The predicted octanol–water partition coefficient (Wildman–Crippen LogP) is 2.91. The number of halogens is 2. The number of anilines is 1. The fraction of sp³-hybridized carbons (Fsp3) is 0.357. The number of aromatic amines is 1. The van der Waals surface area contributed by atoms with Crippen molar-refractivity contribution >= 4 is 21.7 Å². The maximum atomic E-state index is 13.1. The van der Waals surface area contributed by atoms with Crippen LogP contribution in [0.2, 0.25) is 0 Å². The molecule has 6 heteroatoms. The number of nitrogens with one attached hydrogen (secondary N) is 1. The summed E-state index contributed by atoms with van der Waals surface area (Å²) in [5.74, 6) is 0.661. The van der Waals surface area contributed by atoms with Gasteiger partial charge in [-0.1, -0.05) is 0 Å². The largest absolute Gasteiger partial charge is 0.355 e. The zero-order chi connectivity index (χ0) is 14.1. The van der Waals surface area contributed by atoms with E-state index in [9.17, 15) is 4.39 Å². The molecule has 2 heterocycles. The zero-order valence-electron chi connectivity index (χ0n) is 10.9. The van der Waals surface area contributed by atoms with Gasteiger partial charge in [-0.25, -0.2) is 4.39 Å². The van der Waals surface area contributed by atoms with Gasteiger partial charge in [0.25, 0.3) is 0 Å². The first-order chi connectivity index (χ1) is 9.63. The van der Waals surface area contributed by atoms with Crippen LogP contribution in [0.4, 0.5) is 10.2 Å². The molecule has 2 aromatic rings. The number of H-pyrrole nitrogens is 1. The summed E-state index contributed by atoms with van der Waals surface area (Å²) in [6.45, 7) is 1.85. The lowest BCUT2D eigenvalue weighted by atomic mass is 10.1. The van der Waals surface area contributed by atoms with Crippen LogP contribution in [-0.4, -0.2) is 29.3 Å². The molecule has 0 bridgehead atoms. The normalized spacial score (nSPS) is 16.6. The summed E-state index contributed by atoms with van der Waals surface area (Å²) in [6.07, 6.45) is 1.98. The van der Waals surface area contributed by atoms with E-state index in [2.05, 4.69) is 31.0 Å². The van der Waals surface area contributed by atoms with E-state index in [1.54, 1.807) is 6.07 Å². The molecule has 106 valence electrons. The van der Waals surface area contributed by atoms with E-state index >= 15 is 0 Å². The number of aromatic nitrogens is 2. The van der Waals surface area contributed by atoms with Crippen molar-refractivity contribution in [2.45, 2.75) is 18.9 Å². The van der Waals surface area contributed by atoms with Gasteiger partial charge in [0, 0.05) is 35.2 Å². The molecule has 20 heavy (non-hydrogen) atoms. The maximum Gasteiger partial charge on any atom is 0.150 e. The summed E-state index contributed by atoms with van der Waals surface area (Å²) in [7, 11) is 0. The van der Waals surface area contributed by atoms with Crippen molar-refractivity contribution < 1.29 is 4.39 Å². The van der Waals surface area contributed by atoms with Crippen LogP contribution in [0.15, 0.2) is 28.7 Å². The summed E-state index contributed by atoms with van der Waals surface area (Å²) < 4.78 is 13.8. The predicted molar refractivity (Wildman–Crippen MR) is 81.1 cm³/mol. The van der Waals surface area contributed by atoms with E-state index in [4.69, 9.17) is 5.73 Å². The Kier molecular flexibility index (Phi) is 3.76. The first kappa shape index (κ1) is 13.6. The lowest BCUT2D eigenvalue weighted by molar-refractivity contribution is 0.498. The van der Waals surface area contributed by atoms with Crippen LogP contribution in [-0.2, 0) is 0 Å². The smallest absolute Gasteiger partial charge is 0.150 e. The van der Waals surface area contributed by atoms with Gasteiger partial charge in [0.15, 0.2) is 5.82 Å². The van der Waals surface area contributed by atoms with Crippen molar-refractivity contribution in [3.05, 3.63) is 34.6 Å². The Balaban J connectivity index is 1.83. The average molecular weight is 339 g/mol. The molecule has 0 radical (unpaired) electrons. The number of piperidine rings is 1. The highest BCUT2D eigenvalue weighted by molar-refractivity contribution is 9.10. The molecular formula is C14H16BrFN4. The summed E-state index contributed by atoms with van der Waals surface area (Å²) in [5, 5.41) is 7.37. The molecule has 1 aliphatic heterocycles. The lowest BCUT2D eigenvalue weighted by Crippen LogP contribution is -2.39. The van der Waals surface area contributed by atoms with Crippen molar-refractivity contribution in [1.29, 1.82) is 0 Å². The lowest BCUT2D eigenvalue weighted by Gasteiger charge is -2.29. The van der Waals surface area contributed by atoms with E-state index < -0.39 is 0 Å². The summed E-state index contributed by atoms with van der Waals surface area (Å²) in [6, 6.07) is 6.93. The number of nitrogens with zero attached hydrogens (tertiary/aromatic N) is 2. The average Bonchev–Trinajstić information content (AvgIpc) is 2.89. The third kappa shape index (κ3) is 2.71. The molecular weight excluding hydrogens is 323 g/mol. The first-order valence-electron chi connectivity index (χ1n) is 6.65. The monoisotopic (exact) mass is 338 g/mol. The van der Waals surface area contributed by atoms with Crippen LogP contribution >= 0.6 is 15.9 Å². The molecule has 3 N–H and O–H groups in total. The molecule has 1 aliphatic rings. The van der Waals surface area contributed by atoms with Gasteiger partial charge in [0.1, 0.15) is 5.82 Å². The maximum absolute atomic E-state index is 13.1. The summed E-state index contributed by atoms with van der Waals surface area (Å²) in [5.41, 5.74) is 7.69. The van der Waals surface area contributed by atoms with Gasteiger partial charge >= 0.3 is 0 Å². The highest BCUT2D eigenvalue weighted by Crippen LogP contribution is 2.30. The molecule has 0 saturated carbocycles. The van der Waals surface area contributed by atoms with Crippen LogP contribution in [0.5, 0.6) is 0 Å². The molecule has 1 aromatic carbocycles. The molecule has 0 atom stereocenters. The van der Waals surface area contributed by atoms with E-state index in [1.165, 1.54) is 12.1 Å². The summed E-state index contributed by atoms with van der Waals surface area (Å²) in [4.78, 5) is 2.22. The van der Waals surface area contributed by atoms with Gasteiger partial charge in [-0.3, -0.25) is 5.10 Å². The van der Waals surface area contributed by atoms with Gasteiger partial charge in [-0.05, 0) is 47.0 Å². The van der Waals surface area contributed by atoms with Crippen molar-refractivity contribution in [2.75, 3.05) is 18.0 Å². The molecule has 4 nitrogen and oxygen atoms in total. The number of benzene rings is 1. The summed E-state index contributed by atoms with van der Waals surface area (Å²) >= 11 is 3.38. The van der Waals surface area contributed by atoms with Crippen molar-refractivity contribution in [3.63, 3.8) is 0 Å². The van der Waals surface area contributed by atoms with Gasteiger partial charge in [0.2, 0.25) is 0 Å². The van der Waals surface area contributed by atoms with Gasteiger partial charge in [-0.2, -0.15) is 5.10 Å². The molecule has 0 aliphatic carbocycles. The second-order valence-electron chi connectivity index (χ2n) is 5.09. The van der Waals surface area contributed by atoms with Crippen LogP contribution in [0.25, 0.3) is 11.3 Å². The van der Waals surface area contributed by atoms with Gasteiger partial charge in [0.05, 0.1) is 5.69 Å². The quantitative estimate of drug-likeness (QED) is 0.885. The molecule has 1 fully saturated rings. The second kappa shape index (κ2) is 5.54. The minimum atomic E-state index is -0.259. The molecule has 3 rings (SSSR count). The molecule has 0 unspecified atom stereocenters. The third-order valence-electron chi connectivity index (χ3n) is 3.65. The van der Waals surface area contributed by atoms with E-state index in [0.717, 1.165) is 43.0 Å². The molecule has 0 amide bonds. The number of hydrogen-bond acceptors (Lipinski definition) is 3. The van der Waals surface area contributed by atoms with Crippen LogP contribution in [0.3, 0.4) is 0 Å². The van der Waals surface area contributed by atoms with Gasteiger partial charge in [-0.15, -0.1) is 0 Å². The Morgan fingerprint density at radius 3 is 2.75 bits per heavy atom. The Morgan fingerprint density at radius 1 is 1.30 bits per heavy atom. The Bertz CT molecular complexity index is 605. The highest BCUT2D eigenvalue weighted by Gasteiger charge is 2.19. The Hall–Kier alpha value is -1.40. The van der Waals surface area contributed by atoms with Crippen molar-refractivity contribution in [3.8, 4) is 11.3 Å². The minimum absolute atomic E-state index is 0.259. The fourth-order valence-corrected chi connectivity index (χ4v) is 3.01. The van der Waals surface area contributed by atoms with E-state index in [0.29, 0.717) is 10.5 Å². The molecule has 1 aromatic heterocycles. The zero-order valence-corrected chi connectivity index (χ0v) is 12.5.